The normalized spacial score (nSPS) is 11.1. The molecule has 0 aliphatic carbocycles. The molecule has 4 aromatic rings. The molecule has 1 radical (unpaired) electrons. The first-order valence-corrected chi connectivity index (χ1v) is 14.8. The Morgan fingerprint density at radius 2 is 1.33 bits per heavy atom. The summed E-state index contributed by atoms with van der Waals surface area (Å²) in [4.78, 5) is 11.7. The Labute approximate surface area is 266 Å². The maximum atomic E-state index is 11.7. The number of aromatic nitrogens is 1. The third-order valence-electron chi connectivity index (χ3n) is 7.55. The van der Waals surface area contributed by atoms with E-state index in [0.717, 1.165) is 42.5 Å². The molecule has 0 atom stereocenters. The number of hydrogen-bond acceptors (Lipinski definition) is 2. The zero-order chi connectivity index (χ0) is 29.8. The van der Waals surface area contributed by atoms with Gasteiger partial charge in [0.15, 0.2) is 5.78 Å². The molecule has 1 heterocycles. The fourth-order valence-electron chi connectivity index (χ4n) is 5.00. The van der Waals surface area contributed by atoms with Crippen molar-refractivity contribution in [2.75, 3.05) is 0 Å². The first-order valence-electron chi connectivity index (χ1n) is 14.8. The second-order valence-corrected chi connectivity index (χ2v) is 10.6. The Hall–Kier alpha value is -3.33. The van der Waals surface area contributed by atoms with E-state index in [0.29, 0.717) is 0 Å². The minimum atomic E-state index is 0. The van der Waals surface area contributed by atoms with Crippen molar-refractivity contribution in [3.05, 3.63) is 120 Å². The van der Waals surface area contributed by atoms with Gasteiger partial charge < -0.3 is 9.67 Å². The Morgan fingerprint density at radius 1 is 0.786 bits per heavy atom. The quantitative estimate of drug-likeness (QED) is 0.0763. The molecule has 1 N–H and O–H groups in total. The van der Waals surface area contributed by atoms with Crippen LogP contribution < -0.4 is 4.57 Å². The van der Waals surface area contributed by atoms with Crippen LogP contribution in [0.15, 0.2) is 96.9 Å². The van der Waals surface area contributed by atoms with Crippen LogP contribution in [-0.2, 0) is 24.9 Å². The van der Waals surface area contributed by atoms with E-state index in [9.17, 15) is 9.90 Å². The molecule has 42 heavy (non-hydrogen) atoms. The molecule has 0 spiro atoms. The number of aryl methyl sites for hydroxylation is 2. The van der Waals surface area contributed by atoms with Gasteiger partial charge in [0.1, 0.15) is 6.20 Å². The van der Waals surface area contributed by atoms with Gasteiger partial charge in [0.2, 0.25) is 0 Å². The molecule has 0 aliphatic rings. The molecule has 3 aromatic carbocycles. The predicted molar refractivity (Wildman–Crippen MR) is 170 cm³/mol. The van der Waals surface area contributed by atoms with Crippen molar-refractivity contribution < 1.29 is 34.6 Å². The van der Waals surface area contributed by atoms with Gasteiger partial charge in [-0.1, -0.05) is 102 Å². The van der Waals surface area contributed by atoms with E-state index in [-0.39, 0.29) is 43.5 Å². The largest absolute Gasteiger partial charge is 0.512 e. The van der Waals surface area contributed by atoms with Crippen molar-refractivity contribution in [2.24, 2.45) is 11.8 Å². The topological polar surface area (TPSA) is 41.2 Å². The van der Waals surface area contributed by atoms with Gasteiger partial charge in [0, 0.05) is 43.7 Å². The third kappa shape index (κ3) is 9.89. The van der Waals surface area contributed by atoms with Gasteiger partial charge in [-0.05, 0) is 47.9 Å². The third-order valence-corrected chi connectivity index (χ3v) is 7.55. The minimum absolute atomic E-state index is 0. The first-order chi connectivity index (χ1) is 19.8. The predicted octanol–water partition coefficient (Wildman–Crippen LogP) is 9.38. The molecule has 0 saturated heterocycles. The number of rotatable bonds is 10. The molecular formula is C38H44IrNO2-. The number of carbonyl (C=O) groups is 1. The average Bonchev–Trinajstić information content (AvgIpc) is 2.99. The van der Waals surface area contributed by atoms with E-state index in [1.807, 2.05) is 44.4 Å². The van der Waals surface area contributed by atoms with Crippen LogP contribution in [-0.4, -0.2) is 10.9 Å². The summed E-state index contributed by atoms with van der Waals surface area (Å²) in [7, 11) is 0. The summed E-state index contributed by atoms with van der Waals surface area (Å²) in [5, 5.41) is 9.76. The van der Waals surface area contributed by atoms with E-state index in [1.165, 1.54) is 28.3 Å². The summed E-state index contributed by atoms with van der Waals surface area (Å²) in [5.74, 6) is 0.547. The number of benzene rings is 3. The first kappa shape index (κ1) is 34.9. The number of pyridine rings is 1. The van der Waals surface area contributed by atoms with Crippen molar-refractivity contribution in [3.63, 3.8) is 0 Å². The van der Waals surface area contributed by atoms with Crippen LogP contribution >= 0.6 is 0 Å². The fraction of sp³-hybridized carbons (Fsp3) is 0.316. The van der Waals surface area contributed by atoms with Crippen LogP contribution in [0, 0.1) is 37.9 Å². The zero-order valence-corrected chi connectivity index (χ0v) is 28.2. The molecule has 223 valence electrons. The van der Waals surface area contributed by atoms with Crippen molar-refractivity contribution in [3.8, 4) is 27.9 Å². The maximum Gasteiger partial charge on any atom is 0.162 e. The van der Waals surface area contributed by atoms with E-state index in [2.05, 4.69) is 99.0 Å². The van der Waals surface area contributed by atoms with Crippen molar-refractivity contribution in [1.82, 2.24) is 0 Å². The van der Waals surface area contributed by atoms with Crippen LogP contribution in [0.4, 0.5) is 0 Å². The summed E-state index contributed by atoms with van der Waals surface area (Å²) < 4.78 is 2.01. The minimum Gasteiger partial charge on any atom is -0.512 e. The fourth-order valence-corrected chi connectivity index (χ4v) is 5.00. The zero-order valence-electron chi connectivity index (χ0n) is 25.8. The van der Waals surface area contributed by atoms with Crippen molar-refractivity contribution >= 4 is 5.78 Å². The van der Waals surface area contributed by atoms with E-state index in [4.69, 9.17) is 0 Å². The van der Waals surface area contributed by atoms with Crippen LogP contribution in [0.1, 0.15) is 64.5 Å². The van der Waals surface area contributed by atoms with Gasteiger partial charge in [-0.3, -0.25) is 4.79 Å². The standard InChI is InChI=1S/C25H20N.C13H24O2.Ir/c1-19-15-20(2)17-25(16-19)26-14-6-9-24(18-26)23-12-10-22(11-13-23)21-7-4-3-5-8-21;1-5-10(6-2)12(14)9-13(15)11(7-3)8-4;/h3-13,15-16,18H,1-2H3;9-11,14H,5-8H2,1-4H3;/q-1;;/b;12-9-;. The monoisotopic (exact) mass is 739 g/mol. The second-order valence-electron chi connectivity index (χ2n) is 10.6. The van der Waals surface area contributed by atoms with Crippen LogP contribution in [0.5, 0.6) is 0 Å². The SMILES string of the molecule is CCC(CC)C(=O)/C=C(\O)C(CC)CC.Cc1[c-]c(-[n+]2[c-]ccc(-c3ccc(-c4ccccc4)cc3)c2)cc(C)c1.[Ir]. The van der Waals surface area contributed by atoms with Crippen molar-refractivity contribution in [1.29, 1.82) is 0 Å². The van der Waals surface area contributed by atoms with Gasteiger partial charge in [-0.2, -0.15) is 23.3 Å². The van der Waals surface area contributed by atoms with Crippen LogP contribution in [0.3, 0.4) is 0 Å². The van der Waals surface area contributed by atoms with E-state index < -0.39 is 0 Å². The van der Waals surface area contributed by atoms with E-state index >= 15 is 0 Å². The van der Waals surface area contributed by atoms with Crippen LogP contribution in [0.25, 0.3) is 27.9 Å². The molecule has 0 bridgehead atoms. The molecule has 0 aliphatic heterocycles. The van der Waals surface area contributed by atoms with Gasteiger partial charge in [-0.15, -0.1) is 12.1 Å². The molecule has 0 saturated carbocycles. The summed E-state index contributed by atoms with van der Waals surface area (Å²) in [6, 6.07) is 30.9. The second kappa shape index (κ2) is 17.6. The van der Waals surface area contributed by atoms with Gasteiger partial charge >= 0.3 is 0 Å². The number of ketones is 1. The molecule has 1 aromatic heterocycles. The number of carbonyl (C=O) groups excluding carboxylic acids is 1. The number of aliphatic hydroxyl groups is 1. The summed E-state index contributed by atoms with van der Waals surface area (Å²) >= 11 is 0. The molecule has 4 heteroatoms. The summed E-state index contributed by atoms with van der Waals surface area (Å²) in [6.45, 7) is 12.3. The Morgan fingerprint density at radius 3 is 1.88 bits per heavy atom. The Kier molecular flexibility index (Phi) is 14.6. The Bertz CT molecular complexity index is 1400. The van der Waals surface area contributed by atoms with Gasteiger partial charge in [0.25, 0.3) is 0 Å². The summed E-state index contributed by atoms with van der Waals surface area (Å²) in [5.41, 5.74) is 8.21. The smallest absolute Gasteiger partial charge is 0.162 e. The van der Waals surface area contributed by atoms with Gasteiger partial charge in [-0.25, -0.2) is 0 Å². The number of hydrogen-bond donors (Lipinski definition) is 1. The molecule has 0 fully saturated rings. The number of nitrogens with zero attached hydrogens (tertiary/aromatic N) is 1. The maximum absolute atomic E-state index is 11.7. The number of allylic oxidation sites excluding steroid dienone is 2. The Balaban J connectivity index is 0.000000334. The molecule has 0 amide bonds. The molecule has 0 unspecified atom stereocenters. The molecule has 4 rings (SSSR count). The van der Waals surface area contributed by atoms with Crippen molar-refractivity contribution in [2.45, 2.75) is 67.2 Å². The summed E-state index contributed by atoms with van der Waals surface area (Å²) in [6.07, 6.45) is 10.3. The van der Waals surface area contributed by atoms with Crippen LogP contribution in [0.2, 0.25) is 0 Å². The average molecular weight is 739 g/mol. The van der Waals surface area contributed by atoms with Gasteiger partial charge in [0.05, 0.1) is 12.0 Å². The number of aliphatic hydroxyl groups excluding tert-OH is 1. The molecule has 3 nitrogen and oxygen atoms in total. The van der Waals surface area contributed by atoms with E-state index in [1.54, 1.807) is 0 Å². The molecular weight excluding hydrogens is 695 g/mol.